The van der Waals surface area contributed by atoms with Gasteiger partial charge in [-0.15, -0.1) is 0 Å². The van der Waals surface area contributed by atoms with Crippen LogP contribution in [0.2, 0.25) is 0 Å². The summed E-state index contributed by atoms with van der Waals surface area (Å²) in [5.74, 6) is 0.842. The van der Waals surface area contributed by atoms with Crippen LogP contribution in [0.5, 0.6) is 0 Å². The Morgan fingerprint density at radius 2 is 1.85 bits per heavy atom. The molecule has 0 spiro atoms. The van der Waals surface area contributed by atoms with Crippen molar-refractivity contribution in [3.63, 3.8) is 0 Å². The van der Waals surface area contributed by atoms with Gasteiger partial charge in [0.1, 0.15) is 0 Å². The van der Waals surface area contributed by atoms with Crippen molar-refractivity contribution < 1.29 is 0 Å². The van der Waals surface area contributed by atoms with Gasteiger partial charge in [-0.2, -0.15) is 0 Å². The van der Waals surface area contributed by atoms with Crippen LogP contribution in [0, 0.1) is 5.92 Å². The van der Waals surface area contributed by atoms with Crippen LogP contribution in [-0.2, 0) is 0 Å². The summed E-state index contributed by atoms with van der Waals surface area (Å²) in [6.45, 7) is 19.6. The third-order valence-electron chi connectivity index (χ3n) is 4.12. The Balaban J connectivity index is 4.96. The van der Waals surface area contributed by atoms with E-state index in [-0.39, 0.29) is 0 Å². The number of hydrogen-bond acceptors (Lipinski definition) is 1. The molecule has 0 aliphatic rings. The van der Waals surface area contributed by atoms with Crippen LogP contribution in [0.4, 0.5) is 0 Å². The van der Waals surface area contributed by atoms with Gasteiger partial charge in [0, 0.05) is 18.8 Å². The first-order chi connectivity index (χ1) is 9.51. The Morgan fingerprint density at radius 1 is 1.20 bits per heavy atom. The van der Waals surface area contributed by atoms with E-state index in [0.717, 1.165) is 19.0 Å². The van der Waals surface area contributed by atoms with Gasteiger partial charge in [0.15, 0.2) is 0 Å². The monoisotopic (exact) mass is 277 g/mol. The normalized spacial score (nSPS) is 14.8. The van der Waals surface area contributed by atoms with E-state index >= 15 is 0 Å². The summed E-state index contributed by atoms with van der Waals surface area (Å²) >= 11 is 0. The molecule has 0 aromatic heterocycles. The Morgan fingerprint density at radius 3 is 2.30 bits per heavy atom. The number of hydrogen-bond donors (Lipinski definition) is 0. The summed E-state index contributed by atoms with van der Waals surface area (Å²) in [5.41, 5.74) is 4.03. The fourth-order valence-corrected chi connectivity index (χ4v) is 2.48. The zero-order valence-corrected chi connectivity index (χ0v) is 14.6. The van der Waals surface area contributed by atoms with Crippen molar-refractivity contribution in [2.24, 2.45) is 5.92 Å². The molecule has 1 nitrogen and oxygen atoms in total. The summed E-state index contributed by atoms with van der Waals surface area (Å²) in [7, 11) is 0. The molecule has 0 aromatic rings. The minimum absolute atomic E-state index is 0.842. The van der Waals surface area contributed by atoms with Gasteiger partial charge in [-0.25, -0.2) is 0 Å². The van der Waals surface area contributed by atoms with Crippen LogP contribution in [0.3, 0.4) is 0 Å². The van der Waals surface area contributed by atoms with E-state index in [1.165, 1.54) is 42.5 Å². The van der Waals surface area contributed by atoms with Gasteiger partial charge >= 0.3 is 0 Å². The van der Waals surface area contributed by atoms with E-state index < -0.39 is 0 Å². The first-order valence-corrected chi connectivity index (χ1v) is 8.23. The molecule has 0 aliphatic carbocycles. The van der Waals surface area contributed by atoms with Crippen molar-refractivity contribution in [2.45, 2.75) is 67.2 Å². The third-order valence-corrected chi connectivity index (χ3v) is 4.12. The number of allylic oxidation sites excluding steroid dienone is 4. The average molecular weight is 277 g/mol. The Kier molecular flexibility index (Phi) is 10.2. The lowest BCUT2D eigenvalue weighted by atomic mass is 10.0. The van der Waals surface area contributed by atoms with Gasteiger partial charge in [0.2, 0.25) is 0 Å². The molecule has 0 saturated carbocycles. The predicted molar refractivity (Wildman–Crippen MR) is 92.9 cm³/mol. The fourth-order valence-electron chi connectivity index (χ4n) is 2.48. The zero-order valence-electron chi connectivity index (χ0n) is 14.6. The lowest BCUT2D eigenvalue weighted by Gasteiger charge is -2.30. The van der Waals surface area contributed by atoms with Crippen LogP contribution in [0.25, 0.3) is 0 Å². The van der Waals surface area contributed by atoms with E-state index in [1.54, 1.807) is 0 Å². The van der Waals surface area contributed by atoms with Gasteiger partial charge in [-0.3, -0.25) is 0 Å². The standard InChI is InChI=1S/C19H35N/c1-8-14-20(15-12-13-16(5)9-2)19(17(6)10-3)18(7)11-4/h10-11,16H,3,8-9,12-15H2,1-2,4-7H3/b18-11-,19-17+. The largest absolute Gasteiger partial charge is 0.371 e. The maximum atomic E-state index is 3.95. The molecule has 0 aromatic carbocycles. The summed E-state index contributed by atoms with van der Waals surface area (Å²) in [4.78, 5) is 2.55. The molecule has 0 fully saturated rings. The first-order valence-electron chi connectivity index (χ1n) is 8.23. The third kappa shape index (κ3) is 6.45. The molecule has 1 atom stereocenters. The van der Waals surface area contributed by atoms with Crippen molar-refractivity contribution in [3.05, 3.63) is 35.6 Å². The maximum Gasteiger partial charge on any atom is 0.0422 e. The Bertz CT molecular complexity index is 336. The highest BCUT2D eigenvalue weighted by Gasteiger charge is 2.12. The number of rotatable bonds is 10. The molecule has 20 heavy (non-hydrogen) atoms. The molecule has 116 valence electrons. The van der Waals surface area contributed by atoms with E-state index in [0.29, 0.717) is 0 Å². The summed E-state index contributed by atoms with van der Waals surface area (Å²) in [6, 6.07) is 0. The number of nitrogens with zero attached hydrogens (tertiary/aromatic N) is 1. The fraction of sp³-hybridized carbons (Fsp3) is 0.684. The average Bonchev–Trinajstić information content (AvgIpc) is 2.46. The van der Waals surface area contributed by atoms with Gasteiger partial charge in [0.25, 0.3) is 0 Å². The van der Waals surface area contributed by atoms with Crippen LogP contribution in [-0.4, -0.2) is 18.0 Å². The second-order valence-corrected chi connectivity index (χ2v) is 5.85. The maximum absolute atomic E-state index is 3.95. The Labute approximate surface area is 127 Å². The van der Waals surface area contributed by atoms with Gasteiger partial charge < -0.3 is 4.90 Å². The molecule has 0 radical (unpaired) electrons. The molecular formula is C19H35N. The van der Waals surface area contributed by atoms with E-state index in [2.05, 4.69) is 59.1 Å². The van der Waals surface area contributed by atoms with Crippen LogP contribution >= 0.6 is 0 Å². The first kappa shape index (κ1) is 19.0. The van der Waals surface area contributed by atoms with E-state index in [9.17, 15) is 0 Å². The van der Waals surface area contributed by atoms with Crippen molar-refractivity contribution in [1.29, 1.82) is 0 Å². The molecule has 1 unspecified atom stereocenters. The van der Waals surface area contributed by atoms with Crippen molar-refractivity contribution in [1.82, 2.24) is 4.90 Å². The molecule has 0 amide bonds. The van der Waals surface area contributed by atoms with Gasteiger partial charge in [0.05, 0.1) is 0 Å². The smallest absolute Gasteiger partial charge is 0.0422 e. The highest BCUT2D eigenvalue weighted by atomic mass is 15.1. The topological polar surface area (TPSA) is 3.24 Å². The summed E-state index contributed by atoms with van der Waals surface area (Å²) in [6.07, 6.45) is 9.27. The van der Waals surface area contributed by atoms with Crippen LogP contribution < -0.4 is 0 Å². The van der Waals surface area contributed by atoms with Crippen molar-refractivity contribution in [2.75, 3.05) is 13.1 Å². The highest BCUT2D eigenvalue weighted by Crippen LogP contribution is 2.22. The summed E-state index contributed by atoms with van der Waals surface area (Å²) in [5, 5.41) is 0. The van der Waals surface area contributed by atoms with Crippen LogP contribution in [0.15, 0.2) is 35.6 Å². The van der Waals surface area contributed by atoms with Gasteiger partial charge in [-0.05, 0) is 57.1 Å². The summed E-state index contributed by atoms with van der Waals surface area (Å²) < 4.78 is 0. The zero-order chi connectivity index (χ0) is 15.5. The second-order valence-electron chi connectivity index (χ2n) is 5.85. The molecular weight excluding hydrogens is 242 g/mol. The molecule has 0 N–H and O–H groups in total. The minimum Gasteiger partial charge on any atom is -0.371 e. The van der Waals surface area contributed by atoms with E-state index in [4.69, 9.17) is 0 Å². The Hall–Kier alpha value is -0.980. The molecule has 0 bridgehead atoms. The van der Waals surface area contributed by atoms with Crippen molar-refractivity contribution >= 4 is 0 Å². The lowest BCUT2D eigenvalue weighted by molar-refractivity contribution is 0.325. The molecule has 0 saturated heterocycles. The van der Waals surface area contributed by atoms with Crippen LogP contribution in [0.1, 0.15) is 67.2 Å². The lowest BCUT2D eigenvalue weighted by Crippen LogP contribution is -2.27. The highest BCUT2D eigenvalue weighted by molar-refractivity contribution is 5.36. The predicted octanol–water partition coefficient (Wildman–Crippen LogP) is 5.95. The molecule has 0 aliphatic heterocycles. The van der Waals surface area contributed by atoms with Gasteiger partial charge in [-0.1, -0.05) is 45.9 Å². The van der Waals surface area contributed by atoms with E-state index in [1.807, 2.05) is 6.08 Å². The minimum atomic E-state index is 0.842. The second kappa shape index (κ2) is 10.8. The SMILES string of the molecule is C=C/C(C)=C(\C(C)=C/C)N(CCC)CCCC(C)CC. The van der Waals surface area contributed by atoms with Crippen molar-refractivity contribution in [3.8, 4) is 0 Å². The molecule has 0 rings (SSSR count). The quantitative estimate of drug-likeness (QED) is 0.446. The molecule has 1 heteroatoms. The molecule has 0 heterocycles.